The van der Waals surface area contributed by atoms with Crippen LogP contribution in [0.15, 0.2) is 83.5 Å². The van der Waals surface area contributed by atoms with Gasteiger partial charge in [-0.25, -0.2) is 4.90 Å². The zero-order valence-corrected chi connectivity index (χ0v) is 19.1. The number of anilines is 3. The minimum absolute atomic E-state index is 0.0654. The van der Waals surface area contributed by atoms with Crippen LogP contribution in [0.3, 0.4) is 0 Å². The molecule has 1 heterocycles. The summed E-state index contributed by atoms with van der Waals surface area (Å²) in [7, 11) is 0. The van der Waals surface area contributed by atoms with Gasteiger partial charge in [0.25, 0.3) is 17.7 Å². The first-order valence-electron chi connectivity index (χ1n) is 10.2. The predicted molar refractivity (Wildman–Crippen MR) is 131 cm³/mol. The monoisotopic (exact) mass is 479 g/mol. The molecule has 33 heavy (non-hydrogen) atoms. The van der Waals surface area contributed by atoms with Gasteiger partial charge in [-0.1, -0.05) is 48.3 Å². The molecule has 3 aromatic carbocycles. The molecule has 2 N–H and O–H groups in total. The second-order valence-electron chi connectivity index (χ2n) is 7.32. The van der Waals surface area contributed by atoms with Crippen molar-refractivity contribution in [2.24, 2.45) is 0 Å². The lowest BCUT2D eigenvalue weighted by Gasteiger charge is -2.15. The van der Waals surface area contributed by atoms with Crippen molar-refractivity contribution in [1.29, 1.82) is 0 Å². The summed E-state index contributed by atoms with van der Waals surface area (Å²) in [5.41, 5.74) is 2.96. The van der Waals surface area contributed by atoms with E-state index in [-0.39, 0.29) is 16.6 Å². The Morgan fingerprint density at radius 3 is 2.24 bits per heavy atom. The molecule has 0 atom stereocenters. The molecule has 0 unspecified atom stereocenters. The standard InChI is InChI=1S/C25H19Cl2N3O3/c1-2-15-6-10-18(11-7-15)29-23(31)16-4-3-5-19(14-16)28-22-21(27)24(32)30(25(22)33)20-12-8-17(26)9-13-20/h3-14,28H,2H2,1H3,(H,29,31). The van der Waals surface area contributed by atoms with Crippen LogP contribution < -0.4 is 15.5 Å². The Bertz CT molecular complexity index is 1270. The van der Waals surface area contributed by atoms with Crippen LogP contribution in [-0.2, 0) is 16.0 Å². The molecule has 0 radical (unpaired) electrons. The van der Waals surface area contributed by atoms with Crippen molar-refractivity contribution < 1.29 is 14.4 Å². The summed E-state index contributed by atoms with van der Waals surface area (Å²) in [5.74, 6) is -1.55. The van der Waals surface area contributed by atoms with E-state index >= 15 is 0 Å². The highest BCUT2D eigenvalue weighted by molar-refractivity contribution is 6.53. The minimum atomic E-state index is -0.643. The smallest absolute Gasteiger partial charge is 0.283 e. The van der Waals surface area contributed by atoms with Gasteiger partial charge in [0.05, 0.1) is 5.69 Å². The molecule has 0 aliphatic carbocycles. The fourth-order valence-corrected chi connectivity index (χ4v) is 3.68. The zero-order chi connectivity index (χ0) is 23.5. The van der Waals surface area contributed by atoms with Gasteiger partial charge in [-0.05, 0) is 66.6 Å². The lowest BCUT2D eigenvalue weighted by atomic mass is 10.1. The van der Waals surface area contributed by atoms with E-state index in [0.29, 0.717) is 27.6 Å². The first-order chi connectivity index (χ1) is 15.9. The number of hydrogen-bond acceptors (Lipinski definition) is 4. The van der Waals surface area contributed by atoms with Gasteiger partial charge < -0.3 is 10.6 Å². The van der Waals surface area contributed by atoms with E-state index in [1.165, 1.54) is 5.56 Å². The number of nitrogens with one attached hydrogen (secondary N) is 2. The number of carbonyl (C=O) groups is 3. The fraction of sp³-hybridized carbons (Fsp3) is 0.0800. The van der Waals surface area contributed by atoms with Crippen molar-refractivity contribution in [2.75, 3.05) is 15.5 Å². The Morgan fingerprint density at radius 2 is 1.58 bits per heavy atom. The summed E-state index contributed by atoms with van der Waals surface area (Å²) in [6.07, 6.45) is 0.914. The summed E-state index contributed by atoms with van der Waals surface area (Å²) in [6.45, 7) is 2.06. The average molecular weight is 480 g/mol. The van der Waals surface area contributed by atoms with Crippen molar-refractivity contribution in [3.63, 3.8) is 0 Å². The molecule has 1 aliphatic heterocycles. The Morgan fingerprint density at radius 1 is 0.879 bits per heavy atom. The molecular weight excluding hydrogens is 461 g/mol. The van der Waals surface area contributed by atoms with E-state index in [1.807, 2.05) is 24.3 Å². The summed E-state index contributed by atoms with van der Waals surface area (Å²) in [5, 5.41) is 5.97. The maximum absolute atomic E-state index is 12.9. The normalized spacial score (nSPS) is 13.5. The van der Waals surface area contributed by atoms with E-state index in [0.717, 1.165) is 11.3 Å². The number of halogens is 2. The number of rotatable bonds is 6. The first-order valence-corrected chi connectivity index (χ1v) is 10.9. The SMILES string of the molecule is CCc1ccc(NC(=O)c2cccc(NC3=C(Cl)C(=O)N(c4ccc(Cl)cc4)C3=O)c2)cc1. The molecule has 166 valence electrons. The molecule has 0 aromatic heterocycles. The summed E-state index contributed by atoms with van der Waals surface area (Å²) < 4.78 is 0. The second kappa shape index (κ2) is 9.48. The van der Waals surface area contributed by atoms with E-state index < -0.39 is 11.8 Å². The molecule has 0 saturated heterocycles. The van der Waals surface area contributed by atoms with Crippen molar-refractivity contribution in [2.45, 2.75) is 13.3 Å². The van der Waals surface area contributed by atoms with Gasteiger partial charge in [0.1, 0.15) is 10.7 Å². The molecule has 3 amide bonds. The predicted octanol–water partition coefficient (Wildman–Crippen LogP) is 5.59. The molecule has 0 fully saturated rings. The van der Waals surface area contributed by atoms with Crippen molar-refractivity contribution in [3.8, 4) is 0 Å². The molecule has 0 spiro atoms. The van der Waals surface area contributed by atoms with Gasteiger partial charge in [-0.15, -0.1) is 0 Å². The summed E-state index contributed by atoms with van der Waals surface area (Å²) >= 11 is 12.1. The third-order valence-corrected chi connectivity index (χ3v) is 5.73. The van der Waals surface area contributed by atoms with Gasteiger partial charge in [-0.3, -0.25) is 14.4 Å². The topological polar surface area (TPSA) is 78.5 Å². The number of carbonyl (C=O) groups excluding carboxylic acids is 3. The van der Waals surface area contributed by atoms with Crippen molar-refractivity contribution in [3.05, 3.63) is 99.7 Å². The Hall–Kier alpha value is -3.61. The minimum Gasteiger partial charge on any atom is -0.350 e. The fourth-order valence-electron chi connectivity index (χ4n) is 3.35. The quantitative estimate of drug-likeness (QED) is 0.451. The maximum atomic E-state index is 12.9. The van der Waals surface area contributed by atoms with Crippen molar-refractivity contribution in [1.82, 2.24) is 0 Å². The first kappa shape index (κ1) is 22.6. The van der Waals surface area contributed by atoms with Crippen LogP contribution in [0.5, 0.6) is 0 Å². The molecular formula is C25H19Cl2N3O3. The lowest BCUT2D eigenvalue weighted by molar-refractivity contribution is -0.120. The van der Waals surface area contributed by atoms with Gasteiger partial charge in [0.2, 0.25) is 0 Å². The summed E-state index contributed by atoms with van der Waals surface area (Å²) in [6, 6.07) is 20.4. The average Bonchev–Trinajstić information content (AvgIpc) is 3.03. The van der Waals surface area contributed by atoms with E-state index in [1.54, 1.807) is 48.5 Å². The van der Waals surface area contributed by atoms with Crippen LogP contribution in [0, 0.1) is 0 Å². The number of hydrogen-bond donors (Lipinski definition) is 2. The number of imide groups is 1. The Balaban J connectivity index is 1.51. The van der Waals surface area contributed by atoms with Gasteiger partial charge in [0.15, 0.2) is 0 Å². The maximum Gasteiger partial charge on any atom is 0.283 e. The van der Waals surface area contributed by atoms with Gasteiger partial charge >= 0.3 is 0 Å². The molecule has 1 aliphatic rings. The van der Waals surface area contributed by atoms with E-state index in [2.05, 4.69) is 17.6 Å². The number of benzene rings is 3. The van der Waals surface area contributed by atoms with Gasteiger partial charge in [-0.2, -0.15) is 0 Å². The highest BCUT2D eigenvalue weighted by Gasteiger charge is 2.38. The molecule has 0 bridgehead atoms. The van der Waals surface area contributed by atoms with Crippen LogP contribution in [0.4, 0.5) is 17.1 Å². The highest BCUT2D eigenvalue weighted by Crippen LogP contribution is 2.31. The zero-order valence-electron chi connectivity index (χ0n) is 17.6. The lowest BCUT2D eigenvalue weighted by Crippen LogP contribution is -2.32. The number of amides is 3. The van der Waals surface area contributed by atoms with E-state index in [4.69, 9.17) is 23.2 Å². The summed E-state index contributed by atoms with van der Waals surface area (Å²) in [4.78, 5) is 39.2. The second-order valence-corrected chi connectivity index (χ2v) is 8.14. The van der Waals surface area contributed by atoms with Crippen LogP contribution in [-0.4, -0.2) is 17.7 Å². The Kier molecular flexibility index (Phi) is 6.49. The number of aryl methyl sites for hydroxylation is 1. The molecule has 4 rings (SSSR count). The Labute approximate surface area is 200 Å². The largest absolute Gasteiger partial charge is 0.350 e. The molecule has 8 heteroatoms. The molecule has 6 nitrogen and oxygen atoms in total. The number of nitrogens with zero attached hydrogens (tertiary/aromatic N) is 1. The van der Waals surface area contributed by atoms with E-state index in [9.17, 15) is 14.4 Å². The van der Waals surface area contributed by atoms with Crippen molar-refractivity contribution >= 4 is 58.0 Å². The van der Waals surface area contributed by atoms with Crippen LogP contribution in [0.2, 0.25) is 5.02 Å². The molecule has 3 aromatic rings. The highest BCUT2D eigenvalue weighted by atomic mass is 35.5. The van der Waals surface area contributed by atoms with Gasteiger partial charge in [0, 0.05) is 22.0 Å². The van der Waals surface area contributed by atoms with Crippen LogP contribution in [0.1, 0.15) is 22.8 Å². The van der Waals surface area contributed by atoms with Crippen LogP contribution in [0.25, 0.3) is 0 Å². The third kappa shape index (κ3) is 4.77. The van der Waals surface area contributed by atoms with Crippen LogP contribution >= 0.6 is 23.2 Å². The third-order valence-electron chi connectivity index (χ3n) is 5.13. The molecule has 0 saturated carbocycles.